The maximum absolute atomic E-state index is 5.63. The fourth-order valence-corrected chi connectivity index (χ4v) is 2.51. The lowest BCUT2D eigenvalue weighted by Crippen LogP contribution is -2.22. The van der Waals surface area contributed by atoms with Crippen molar-refractivity contribution in [3.8, 4) is 0 Å². The molecule has 0 aromatic carbocycles. The molecule has 2 rings (SSSR count). The zero-order chi connectivity index (χ0) is 12.1. The average molecular weight is 255 g/mol. The molecule has 0 N–H and O–H groups in total. The van der Waals surface area contributed by atoms with Gasteiger partial charge >= 0.3 is 0 Å². The van der Waals surface area contributed by atoms with E-state index in [1.54, 1.807) is 13.2 Å². The fraction of sp³-hybridized carbons (Fsp3) is 0.636. The molecule has 0 aliphatic carbocycles. The molecule has 1 unspecified atom stereocenters. The van der Waals surface area contributed by atoms with Crippen LogP contribution >= 0.6 is 11.5 Å². The van der Waals surface area contributed by atoms with Gasteiger partial charge in [-0.25, -0.2) is 4.98 Å². The maximum Gasteiger partial charge on any atom is 0.205 e. The highest BCUT2D eigenvalue weighted by Gasteiger charge is 2.25. The third kappa shape index (κ3) is 3.24. The van der Waals surface area contributed by atoms with Crippen LogP contribution in [-0.2, 0) is 16.1 Å². The average Bonchev–Trinajstić information content (AvgIpc) is 2.95. The summed E-state index contributed by atoms with van der Waals surface area (Å²) in [4.78, 5) is 6.64. The normalized spacial score (nSPS) is 19.8. The highest BCUT2D eigenvalue weighted by atomic mass is 32.1. The van der Waals surface area contributed by atoms with Crippen molar-refractivity contribution in [1.29, 1.82) is 0 Å². The second kappa shape index (κ2) is 6.09. The Morgan fingerprint density at radius 1 is 1.65 bits per heavy atom. The van der Waals surface area contributed by atoms with Gasteiger partial charge in [-0.2, -0.15) is 4.37 Å². The molecule has 0 saturated carbocycles. The SMILES string of the molecule is C=CCOC1CCN(c2nc(COC)ns2)C1. The van der Waals surface area contributed by atoms with Crippen molar-refractivity contribution in [2.45, 2.75) is 19.1 Å². The van der Waals surface area contributed by atoms with E-state index in [4.69, 9.17) is 9.47 Å². The van der Waals surface area contributed by atoms with Crippen molar-refractivity contribution >= 4 is 16.7 Å². The smallest absolute Gasteiger partial charge is 0.205 e. The standard InChI is InChI=1S/C11H17N3O2S/c1-3-6-16-9-4-5-14(7-9)11-12-10(8-15-2)13-17-11/h3,9H,1,4-8H2,2H3. The first-order chi connectivity index (χ1) is 8.33. The molecule has 2 heterocycles. The lowest BCUT2D eigenvalue weighted by Gasteiger charge is -2.14. The van der Waals surface area contributed by atoms with E-state index < -0.39 is 0 Å². The van der Waals surface area contributed by atoms with Crippen molar-refractivity contribution < 1.29 is 9.47 Å². The van der Waals surface area contributed by atoms with Crippen LogP contribution in [0.2, 0.25) is 0 Å². The van der Waals surface area contributed by atoms with Crippen molar-refractivity contribution in [2.24, 2.45) is 0 Å². The van der Waals surface area contributed by atoms with Crippen molar-refractivity contribution in [1.82, 2.24) is 9.36 Å². The van der Waals surface area contributed by atoms with Gasteiger partial charge in [-0.15, -0.1) is 6.58 Å². The van der Waals surface area contributed by atoms with Crippen LogP contribution < -0.4 is 4.90 Å². The molecule has 1 atom stereocenters. The van der Waals surface area contributed by atoms with Gasteiger partial charge in [0.2, 0.25) is 5.13 Å². The van der Waals surface area contributed by atoms with Gasteiger partial charge in [-0.1, -0.05) is 6.08 Å². The quantitative estimate of drug-likeness (QED) is 0.720. The van der Waals surface area contributed by atoms with Gasteiger partial charge in [0.05, 0.1) is 12.7 Å². The molecule has 1 aliphatic heterocycles. The first kappa shape index (κ1) is 12.5. The Bertz CT molecular complexity index is 369. The van der Waals surface area contributed by atoms with Crippen LogP contribution in [-0.4, -0.2) is 42.3 Å². The lowest BCUT2D eigenvalue weighted by molar-refractivity contribution is 0.0909. The minimum absolute atomic E-state index is 0.280. The molecule has 1 aliphatic rings. The molecule has 0 bridgehead atoms. The number of ether oxygens (including phenoxy) is 2. The lowest BCUT2D eigenvalue weighted by atomic mass is 10.3. The zero-order valence-electron chi connectivity index (χ0n) is 9.96. The van der Waals surface area contributed by atoms with Crippen molar-refractivity contribution in [3.05, 3.63) is 18.5 Å². The van der Waals surface area contributed by atoms with E-state index in [1.807, 2.05) is 0 Å². The summed E-state index contributed by atoms with van der Waals surface area (Å²) < 4.78 is 14.9. The first-order valence-corrected chi connectivity index (χ1v) is 6.39. The van der Waals surface area contributed by atoms with E-state index in [0.29, 0.717) is 13.2 Å². The Kier molecular flexibility index (Phi) is 4.47. The Morgan fingerprint density at radius 2 is 2.53 bits per heavy atom. The van der Waals surface area contributed by atoms with E-state index >= 15 is 0 Å². The van der Waals surface area contributed by atoms with Gasteiger partial charge in [0.1, 0.15) is 6.61 Å². The summed E-state index contributed by atoms with van der Waals surface area (Å²) in [5.41, 5.74) is 0. The van der Waals surface area contributed by atoms with Gasteiger partial charge < -0.3 is 14.4 Å². The van der Waals surface area contributed by atoms with Crippen LogP contribution in [0.5, 0.6) is 0 Å². The van der Waals surface area contributed by atoms with Gasteiger partial charge in [-0.05, 0) is 6.42 Å². The molecule has 17 heavy (non-hydrogen) atoms. The minimum atomic E-state index is 0.280. The van der Waals surface area contributed by atoms with Gasteiger partial charge in [0.25, 0.3) is 0 Å². The summed E-state index contributed by atoms with van der Waals surface area (Å²) in [7, 11) is 1.65. The zero-order valence-corrected chi connectivity index (χ0v) is 10.8. The number of methoxy groups -OCH3 is 1. The molecule has 6 heteroatoms. The third-order valence-corrected chi connectivity index (χ3v) is 3.41. The fourth-order valence-electron chi connectivity index (χ4n) is 1.80. The van der Waals surface area contributed by atoms with Gasteiger partial charge in [0, 0.05) is 31.7 Å². The Labute approximate surface area is 105 Å². The van der Waals surface area contributed by atoms with E-state index in [0.717, 1.165) is 30.5 Å². The minimum Gasteiger partial charge on any atom is -0.377 e. The molecule has 0 spiro atoms. The molecule has 0 amide bonds. The van der Waals surface area contributed by atoms with E-state index in [2.05, 4.69) is 20.8 Å². The monoisotopic (exact) mass is 255 g/mol. The second-order valence-electron chi connectivity index (χ2n) is 3.90. The summed E-state index contributed by atoms with van der Waals surface area (Å²) >= 11 is 1.42. The topological polar surface area (TPSA) is 47.5 Å². The Balaban J connectivity index is 1.88. The highest BCUT2D eigenvalue weighted by molar-refractivity contribution is 7.09. The molecule has 1 aromatic rings. The number of rotatable bonds is 6. The number of hydrogen-bond acceptors (Lipinski definition) is 6. The molecule has 5 nitrogen and oxygen atoms in total. The van der Waals surface area contributed by atoms with E-state index in [9.17, 15) is 0 Å². The van der Waals surface area contributed by atoms with Crippen molar-refractivity contribution in [3.63, 3.8) is 0 Å². The van der Waals surface area contributed by atoms with Crippen molar-refractivity contribution in [2.75, 3.05) is 31.7 Å². The Morgan fingerprint density at radius 3 is 3.29 bits per heavy atom. The number of nitrogens with zero attached hydrogens (tertiary/aromatic N) is 3. The summed E-state index contributed by atoms with van der Waals surface area (Å²) in [6, 6.07) is 0. The maximum atomic E-state index is 5.63. The van der Waals surface area contributed by atoms with Gasteiger partial charge in [-0.3, -0.25) is 0 Å². The van der Waals surface area contributed by atoms with E-state index in [-0.39, 0.29) is 6.10 Å². The molecular formula is C11H17N3O2S. The largest absolute Gasteiger partial charge is 0.377 e. The van der Waals surface area contributed by atoms with Crippen LogP contribution in [0.15, 0.2) is 12.7 Å². The third-order valence-electron chi connectivity index (χ3n) is 2.60. The van der Waals surface area contributed by atoms with Crippen LogP contribution in [0.4, 0.5) is 5.13 Å². The molecule has 94 valence electrons. The predicted molar refractivity (Wildman–Crippen MR) is 67.4 cm³/mol. The van der Waals surface area contributed by atoms with Gasteiger partial charge in [0.15, 0.2) is 5.82 Å². The first-order valence-electron chi connectivity index (χ1n) is 5.62. The Hall–Kier alpha value is -0.980. The number of hydrogen-bond donors (Lipinski definition) is 0. The molecule has 0 radical (unpaired) electrons. The number of anilines is 1. The molecular weight excluding hydrogens is 238 g/mol. The van der Waals surface area contributed by atoms with E-state index in [1.165, 1.54) is 11.5 Å². The molecule has 1 fully saturated rings. The second-order valence-corrected chi connectivity index (χ2v) is 4.64. The number of aromatic nitrogens is 2. The summed E-state index contributed by atoms with van der Waals surface area (Å²) in [6.07, 6.45) is 3.10. The molecule has 1 saturated heterocycles. The summed E-state index contributed by atoms with van der Waals surface area (Å²) in [5.74, 6) is 0.753. The molecule has 1 aromatic heterocycles. The van der Waals surface area contributed by atoms with Crippen LogP contribution in [0, 0.1) is 0 Å². The van der Waals surface area contributed by atoms with Crippen LogP contribution in [0.1, 0.15) is 12.2 Å². The highest BCUT2D eigenvalue weighted by Crippen LogP contribution is 2.23. The summed E-state index contributed by atoms with van der Waals surface area (Å²) in [5, 5.41) is 0.960. The predicted octanol–water partition coefficient (Wildman–Crippen LogP) is 1.47. The van der Waals surface area contributed by atoms with Crippen LogP contribution in [0.3, 0.4) is 0 Å². The summed E-state index contributed by atoms with van der Waals surface area (Å²) in [6.45, 7) is 6.60. The van der Waals surface area contributed by atoms with Crippen LogP contribution in [0.25, 0.3) is 0 Å².